The highest BCUT2D eigenvalue weighted by Gasteiger charge is 2.21. The van der Waals surface area contributed by atoms with Gasteiger partial charge in [0.05, 0.1) is 5.92 Å². The van der Waals surface area contributed by atoms with Crippen LogP contribution >= 0.6 is 0 Å². The van der Waals surface area contributed by atoms with Gasteiger partial charge in [0, 0.05) is 0 Å². The minimum Gasteiger partial charge on any atom is -0.395 e. The number of nitrogens with one attached hydrogen (secondary N) is 1. The first-order chi connectivity index (χ1) is 5.34. The Balaban J connectivity index is 2.32. The highest BCUT2D eigenvalue weighted by atomic mass is 16.6. The zero-order chi connectivity index (χ0) is 8.10. The molecule has 62 valence electrons. The highest BCUT2D eigenvalue weighted by molar-refractivity contribution is 5.78. The van der Waals surface area contributed by atoms with Crippen LogP contribution in [0.1, 0.15) is 12.8 Å². The SMILES string of the molecule is O=COC(=O)C1CCNCC1. The van der Waals surface area contributed by atoms with Gasteiger partial charge in [0.2, 0.25) is 0 Å². The molecule has 1 aliphatic heterocycles. The minimum absolute atomic E-state index is 0.0820. The van der Waals surface area contributed by atoms with Crippen LogP contribution in [-0.4, -0.2) is 25.5 Å². The number of esters is 1. The van der Waals surface area contributed by atoms with Crippen LogP contribution in [0.3, 0.4) is 0 Å². The van der Waals surface area contributed by atoms with E-state index in [9.17, 15) is 9.59 Å². The van der Waals surface area contributed by atoms with Crippen LogP contribution in [0.5, 0.6) is 0 Å². The topological polar surface area (TPSA) is 55.4 Å². The number of carbonyl (C=O) groups is 2. The summed E-state index contributed by atoms with van der Waals surface area (Å²) in [5.74, 6) is -0.469. The first-order valence-corrected chi connectivity index (χ1v) is 3.69. The predicted octanol–water partition coefficient (Wildman–Crippen LogP) is -0.314. The first-order valence-electron chi connectivity index (χ1n) is 3.69. The number of hydrogen-bond donors (Lipinski definition) is 1. The third-order valence-corrected chi connectivity index (χ3v) is 1.84. The molecule has 11 heavy (non-hydrogen) atoms. The number of ether oxygens (including phenoxy) is 1. The summed E-state index contributed by atoms with van der Waals surface area (Å²) in [6.45, 7) is 1.86. The lowest BCUT2D eigenvalue weighted by molar-refractivity contribution is -0.155. The highest BCUT2D eigenvalue weighted by Crippen LogP contribution is 2.12. The molecular formula is C7H11NO3. The Morgan fingerprint density at radius 3 is 2.64 bits per heavy atom. The molecule has 0 bridgehead atoms. The third kappa shape index (κ3) is 2.31. The lowest BCUT2D eigenvalue weighted by Crippen LogP contribution is -2.32. The fourth-order valence-electron chi connectivity index (χ4n) is 1.20. The average Bonchev–Trinajstić information content (AvgIpc) is 2.07. The number of hydrogen-bond acceptors (Lipinski definition) is 4. The van der Waals surface area contributed by atoms with Gasteiger partial charge in [-0.1, -0.05) is 0 Å². The maximum atomic E-state index is 10.9. The van der Waals surface area contributed by atoms with E-state index in [-0.39, 0.29) is 18.4 Å². The van der Waals surface area contributed by atoms with Crippen molar-refractivity contribution in [1.29, 1.82) is 0 Å². The van der Waals surface area contributed by atoms with Crippen LogP contribution in [-0.2, 0) is 14.3 Å². The van der Waals surface area contributed by atoms with Crippen molar-refractivity contribution in [2.45, 2.75) is 12.8 Å². The number of carbonyl (C=O) groups excluding carboxylic acids is 2. The van der Waals surface area contributed by atoms with E-state index in [1.807, 2.05) is 0 Å². The molecule has 1 rings (SSSR count). The monoisotopic (exact) mass is 157 g/mol. The molecule has 0 aromatic carbocycles. The second kappa shape index (κ2) is 4.08. The molecule has 0 saturated carbocycles. The largest absolute Gasteiger partial charge is 0.395 e. The molecule has 0 aromatic rings. The second-order valence-corrected chi connectivity index (χ2v) is 2.56. The van der Waals surface area contributed by atoms with E-state index in [2.05, 4.69) is 10.1 Å². The summed E-state index contributed by atoms with van der Waals surface area (Å²) in [5.41, 5.74) is 0. The number of piperidine rings is 1. The van der Waals surface area contributed by atoms with Gasteiger partial charge in [0.25, 0.3) is 0 Å². The third-order valence-electron chi connectivity index (χ3n) is 1.84. The van der Waals surface area contributed by atoms with E-state index in [4.69, 9.17) is 0 Å². The fourth-order valence-corrected chi connectivity index (χ4v) is 1.20. The van der Waals surface area contributed by atoms with Gasteiger partial charge in [0.1, 0.15) is 0 Å². The fraction of sp³-hybridized carbons (Fsp3) is 0.714. The summed E-state index contributed by atoms with van der Waals surface area (Å²) in [5, 5.41) is 3.12. The average molecular weight is 157 g/mol. The molecule has 1 aliphatic rings. The Bertz CT molecular complexity index is 152. The van der Waals surface area contributed by atoms with E-state index >= 15 is 0 Å². The molecule has 0 amide bonds. The molecular weight excluding hydrogens is 146 g/mol. The summed E-state index contributed by atoms with van der Waals surface area (Å²) in [7, 11) is 0. The van der Waals surface area contributed by atoms with Crippen molar-refractivity contribution in [3.8, 4) is 0 Å². The molecule has 0 radical (unpaired) electrons. The molecule has 1 heterocycles. The van der Waals surface area contributed by atoms with Crippen molar-refractivity contribution in [3.63, 3.8) is 0 Å². The van der Waals surface area contributed by atoms with Crippen LogP contribution < -0.4 is 5.32 Å². The molecule has 0 spiro atoms. The maximum Gasteiger partial charge on any atom is 0.316 e. The van der Waals surface area contributed by atoms with Crippen LogP contribution in [0, 0.1) is 5.92 Å². The Morgan fingerprint density at radius 1 is 1.45 bits per heavy atom. The molecule has 1 saturated heterocycles. The summed E-state index contributed by atoms with van der Waals surface area (Å²) in [4.78, 5) is 20.7. The zero-order valence-corrected chi connectivity index (χ0v) is 6.21. The van der Waals surface area contributed by atoms with Crippen molar-refractivity contribution in [3.05, 3.63) is 0 Å². The molecule has 0 unspecified atom stereocenters. The van der Waals surface area contributed by atoms with Crippen molar-refractivity contribution in [1.82, 2.24) is 5.32 Å². The minimum atomic E-state index is -0.387. The van der Waals surface area contributed by atoms with Crippen molar-refractivity contribution >= 4 is 12.4 Å². The molecule has 1 N–H and O–H groups in total. The summed E-state index contributed by atoms with van der Waals surface area (Å²) < 4.78 is 4.23. The smallest absolute Gasteiger partial charge is 0.316 e. The molecule has 1 fully saturated rings. The van der Waals surface area contributed by atoms with E-state index in [0.29, 0.717) is 0 Å². The Hall–Kier alpha value is -0.900. The van der Waals surface area contributed by atoms with Gasteiger partial charge >= 0.3 is 12.4 Å². The summed E-state index contributed by atoms with van der Waals surface area (Å²) >= 11 is 0. The standard InChI is InChI=1S/C7H11NO3/c9-5-11-7(10)6-1-3-8-4-2-6/h5-6,8H,1-4H2. The van der Waals surface area contributed by atoms with Crippen LogP contribution in [0.2, 0.25) is 0 Å². The van der Waals surface area contributed by atoms with Gasteiger partial charge in [-0.15, -0.1) is 0 Å². The van der Waals surface area contributed by atoms with Gasteiger partial charge in [-0.25, -0.2) is 0 Å². The predicted molar refractivity (Wildman–Crippen MR) is 37.7 cm³/mol. The maximum absolute atomic E-state index is 10.9. The lowest BCUT2D eigenvalue weighted by atomic mass is 9.99. The summed E-state index contributed by atoms with van der Waals surface area (Å²) in [6, 6.07) is 0. The molecule has 0 aliphatic carbocycles. The Kier molecular flexibility index (Phi) is 3.04. The van der Waals surface area contributed by atoms with E-state index in [0.717, 1.165) is 25.9 Å². The van der Waals surface area contributed by atoms with Crippen molar-refractivity contribution in [2.24, 2.45) is 5.92 Å². The van der Waals surface area contributed by atoms with E-state index < -0.39 is 0 Å². The molecule has 4 heteroatoms. The van der Waals surface area contributed by atoms with Crippen molar-refractivity contribution < 1.29 is 14.3 Å². The van der Waals surface area contributed by atoms with Gasteiger partial charge in [-0.2, -0.15) is 0 Å². The Labute approximate surface area is 64.9 Å². The Morgan fingerprint density at radius 2 is 2.09 bits per heavy atom. The molecule has 0 aromatic heterocycles. The van der Waals surface area contributed by atoms with E-state index in [1.54, 1.807) is 0 Å². The molecule has 0 atom stereocenters. The quantitative estimate of drug-likeness (QED) is 0.339. The number of rotatable bonds is 2. The van der Waals surface area contributed by atoms with Gasteiger partial charge in [-0.3, -0.25) is 9.59 Å². The van der Waals surface area contributed by atoms with Gasteiger partial charge < -0.3 is 10.1 Å². The van der Waals surface area contributed by atoms with Crippen LogP contribution in [0.25, 0.3) is 0 Å². The van der Waals surface area contributed by atoms with E-state index in [1.165, 1.54) is 0 Å². The van der Waals surface area contributed by atoms with Crippen LogP contribution in [0.15, 0.2) is 0 Å². The second-order valence-electron chi connectivity index (χ2n) is 2.56. The lowest BCUT2D eigenvalue weighted by Gasteiger charge is -2.19. The normalized spacial score (nSPS) is 19.3. The molecule has 4 nitrogen and oxygen atoms in total. The van der Waals surface area contributed by atoms with Gasteiger partial charge in [-0.05, 0) is 25.9 Å². The van der Waals surface area contributed by atoms with Crippen LogP contribution in [0.4, 0.5) is 0 Å². The summed E-state index contributed by atoms with van der Waals surface area (Å²) in [6.07, 6.45) is 1.54. The first kappa shape index (κ1) is 8.20. The van der Waals surface area contributed by atoms with Crippen molar-refractivity contribution in [2.75, 3.05) is 13.1 Å². The zero-order valence-electron chi connectivity index (χ0n) is 6.21. The van der Waals surface area contributed by atoms with Gasteiger partial charge in [0.15, 0.2) is 0 Å².